The first-order valence-electron chi connectivity index (χ1n) is 7.42. The molecule has 2 aromatic rings. The van der Waals surface area contributed by atoms with E-state index < -0.39 is 6.04 Å². The van der Waals surface area contributed by atoms with Crippen LogP contribution in [0, 0.1) is 0 Å². The van der Waals surface area contributed by atoms with Crippen molar-refractivity contribution in [1.29, 1.82) is 0 Å². The zero-order valence-corrected chi connectivity index (χ0v) is 13.4. The molecule has 1 atom stereocenters. The number of rotatable bonds is 3. The quantitative estimate of drug-likeness (QED) is 0.915. The number of thiophene rings is 1. The van der Waals surface area contributed by atoms with Gasteiger partial charge in [-0.3, -0.25) is 14.6 Å². The number of carbonyl (C=O) groups is 2. The van der Waals surface area contributed by atoms with Crippen LogP contribution >= 0.6 is 11.3 Å². The molecule has 6 nitrogen and oxygen atoms in total. The van der Waals surface area contributed by atoms with Gasteiger partial charge in [0.05, 0.1) is 5.56 Å². The topological polar surface area (TPSA) is 79.5 Å². The van der Waals surface area contributed by atoms with Crippen molar-refractivity contribution < 1.29 is 9.59 Å². The summed E-state index contributed by atoms with van der Waals surface area (Å²) in [5.41, 5.74) is 7.44. The minimum absolute atomic E-state index is 0.0488. The highest BCUT2D eigenvalue weighted by Gasteiger charge is 2.28. The third kappa shape index (κ3) is 3.40. The van der Waals surface area contributed by atoms with Crippen LogP contribution in [-0.4, -0.2) is 52.8 Å². The average Bonchev–Trinajstić information content (AvgIpc) is 3.15. The second-order valence-corrected chi connectivity index (χ2v) is 6.17. The van der Waals surface area contributed by atoms with Crippen molar-refractivity contribution in [2.75, 3.05) is 26.2 Å². The van der Waals surface area contributed by atoms with Crippen LogP contribution in [0.4, 0.5) is 0 Å². The van der Waals surface area contributed by atoms with Gasteiger partial charge >= 0.3 is 0 Å². The van der Waals surface area contributed by atoms with Gasteiger partial charge in [0.1, 0.15) is 6.04 Å². The highest BCUT2D eigenvalue weighted by molar-refractivity contribution is 7.08. The van der Waals surface area contributed by atoms with Crippen molar-refractivity contribution in [2.45, 2.75) is 6.04 Å². The summed E-state index contributed by atoms with van der Waals surface area (Å²) in [5, 5.41) is 3.80. The predicted octanol–water partition coefficient (Wildman–Crippen LogP) is 1.13. The van der Waals surface area contributed by atoms with E-state index >= 15 is 0 Å². The van der Waals surface area contributed by atoms with E-state index in [9.17, 15) is 9.59 Å². The molecule has 0 bridgehead atoms. The first-order chi connectivity index (χ1) is 11.2. The Hall–Kier alpha value is -2.25. The monoisotopic (exact) mass is 330 g/mol. The minimum atomic E-state index is -0.623. The van der Waals surface area contributed by atoms with Gasteiger partial charge in [-0.1, -0.05) is 0 Å². The average molecular weight is 330 g/mol. The lowest BCUT2D eigenvalue weighted by atomic mass is 10.1. The normalized spacial score (nSPS) is 16.2. The third-order valence-corrected chi connectivity index (χ3v) is 4.66. The smallest absolute Gasteiger partial charge is 0.255 e. The Kier molecular flexibility index (Phi) is 4.68. The molecule has 0 spiro atoms. The molecule has 1 fully saturated rings. The van der Waals surface area contributed by atoms with Crippen LogP contribution in [0.2, 0.25) is 0 Å². The van der Waals surface area contributed by atoms with E-state index in [0.717, 1.165) is 5.56 Å². The number of nitrogens with two attached hydrogens (primary N) is 1. The molecule has 23 heavy (non-hydrogen) atoms. The van der Waals surface area contributed by atoms with Gasteiger partial charge in [-0.05, 0) is 34.5 Å². The SMILES string of the molecule is NC(C(=O)N1CCN(C(=O)c2cccnc2)CC1)c1ccsc1. The molecule has 3 heterocycles. The van der Waals surface area contributed by atoms with Crippen LogP contribution in [0.1, 0.15) is 22.0 Å². The van der Waals surface area contributed by atoms with Gasteiger partial charge in [0, 0.05) is 38.6 Å². The van der Waals surface area contributed by atoms with Crippen molar-refractivity contribution in [3.05, 3.63) is 52.5 Å². The highest BCUT2D eigenvalue weighted by Crippen LogP contribution is 2.18. The van der Waals surface area contributed by atoms with E-state index in [4.69, 9.17) is 5.73 Å². The Labute approximate surface area is 138 Å². The van der Waals surface area contributed by atoms with Gasteiger partial charge in [0.25, 0.3) is 5.91 Å². The molecule has 3 rings (SSSR count). The van der Waals surface area contributed by atoms with E-state index in [1.807, 2.05) is 16.8 Å². The van der Waals surface area contributed by atoms with Gasteiger partial charge in [0.15, 0.2) is 0 Å². The lowest BCUT2D eigenvalue weighted by molar-refractivity contribution is -0.134. The highest BCUT2D eigenvalue weighted by atomic mass is 32.1. The summed E-state index contributed by atoms with van der Waals surface area (Å²) >= 11 is 1.52. The molecule has 1 aliphatic heterocycles. The number of piperazine rings is 1. The Bertz CT molecular complexity index is 667. The van der Waals surface area contributed by atoms with Crippen molar-refractivity contribution in [3.8, 4) is 0 Å². The fourth-order valence-corrected chi connectivity index (χ4v) is 3.29. The summed E-state index contributed by atoms with van der Waals surface area (Å²) in [6.07, 6.45) is 3.20. The van der Waals surface area contributed by atoms with Crippen LogP contribution in [0.3, 0.4) is 0 Å². The Morgan fingerprint density at radius 2 is 1.91 bits per heavy atom. The zero-order valence-electron chi connectivity index (χ0n) is 12.6. The summed E-state index contributed by atoms with van der Waals surface area (Å²) in [4.78, 5) is 32.2. The van der Waals surface area contributed by atoms with Gasteiger partial charge < -0.3 is 15.5 Å². The Balaban J connectivity index is 1.58. The molecule has 0 aromatic carbocycles. The first-order valence-corrected chi connectivity index (χ1v) is 8.37. The van der Waals surface area contributed by atoms with Crippen LogP contribution in [-0.2, 0) is 4.79 Å². The molecular weight excluding hydrogens is 312 g/mol. The zero-order chi connectivity index (χ0) is 16.2. The van der Waals surface area contributed by atoms with Crippen molar-refractivity contribution in [2.24, 2.45) is 5.73 Å². The number of aromatic nitrogens is 1. The van der Waals surface area contributed by atoms with Crippen LogP contribution in [0.5, 0.6) is 0 Å². The van der Waals surface area contributed by atoms with E-state index in [1.54, 1.807) is 34.3 Å². The van der Waals surface area contributed by atoms with E-state index in [0.29, 0.717) is 31.7 Å². The Morgan fingerprint density at radius 3 is 2.52 bits per heavy atom. The molecule has 0 saturated carbocycles. The molecule has 7 heteroatoms. The van der Waals surface area contributed by atoms with Crippen molar-refractivity contribution in [3.63, 3.8) is 0 Å². The molecular formula is C16H18N4O2S. The summed E-state index contributed by atoms with van der Waals surface area (Å²) in [6.45, 7) is 2.02. The van der Waals surface area contributed by atoms with Gasteiger partial charge in [-0.25, -0.2) is 0 Å². The second-order valence-electron chi connectivity index (χ2n) is 5.39. The number of hydrogen-bond donors (Lipinski definition) is 1. The molecule has 0 aliphatic carbocycles. The molecule has 2 amide bonds. The predicted molar refractivity (Wildman–Crippen MR) is 88.0 cm³/mol. The summed E-state index contributed by atoms with van der Waals surface area (Å²) < 4.78 is 0. The summed E-state index contributed by atoms with van der Waals surface area (Å²) in [6, 6.07) is 4.74. The summed E-state index contributed by atoms with van der Waals surface area (Å²) in [5.74, 6) is -0.135. The molecule has 1 saturated heterocycles. The molecule has 0 radical (unpaired) electrons. The summed E-state index contributed by atoms with van der Waals surface area (Å²) in [7, 11) is 0. The number of carbonyl (C=O) groups excluding carboxylic acids is 2. The standard InChI is InChI=1S/C16H18N4O2S/c17-14(13-3-9-23-11-13)16(22)20-7-5-19(6-8-20)15(21)12-2-1-4-18-10-12/h1-4,9-11,14H,5-8,17H2. The Morgan fingerprint density at radius 1 is 1.17 bits per heavy atom. The van der Waals surface area contributed by atoms with Crippen LogP contribution < -0.4 is 5.73 Å². The fraction of sp³-hybridized carbons (Fsp3) is 0.312. The third-order valence-electron chi connectivity index (χ3n) is 3.96. The van der Waals surface area contributed by atoms with Crippen LogP contribution in [0.25, 0.3) is 0 Å². The maximum atomic E-state index is 12.4. The number of amides is 2. The minimum Gasteiger partial charge on any atom is -0.337 e. The lowest BCUT2D eigenvalue weighted by Gasteiger charge is -2.35. The van der Waals surface area contributed by atoms with Gasteiger partial charge in [-0.2, -0.15) is 11.3 Å². The van der Waals surface area contributed by atoms with E-state index in [2.05, 4.69) is 4.98 Å². The van der Waals surface area contributed by atoms with E-state index in [-0.39, 0.29) is 11.8 Å². The maximum absolute atomic E-state index is 12.4. The van der Waals surface area contributed by atoms with Crippen molar-refractivity contribution >= 4 is 23.2 Å². The second kappa shape index (κ2) is 6.89. The number of hydrogen-bond acceptors (Lipinski definition) is 5. The molecule has 1 aliphatic rings. The fourth-order valence-electron chi connectivity index (χ4n) is 2.59. The molecule has 1 unspecified atom stereocenters. The van der Waals surface area contributed by atoms with Crippen molar-refractivity contribution in [1.82, 2.24) is 14.8 Å². The number of nitrogens with zero attached hydrogens (tertiary/aromatic N) is 3. The largest absolute Gasteiger partial charge is 0.337 e. The van der Waals surface area contributed by atoms with Gasteiger partial charge in [0.2, 0.25) is 5.91 Å². The van der Waals surface area contributed by atoms with E-state index in [1.165, 1.54) is 11.3 Å². The lowest BCUT2D eigenvalue weighted by Crippen LogP contribution is -2.52. The molecule has 120 valence electrons. The number of pyridine rings is 1. The van der Waals surface area contributed by atoms with Gasteiger partial charge in [-0.15, -0.1) is 0 Å². The van der Waals surface area contributed by atoms with Crippen LogP contribution in [0.15, 0.2) is 41.4 Å². The first kappa shape index (κ1) is 15.6. The maximum Gasteiger partial charge on any atom is 0.255 e. The molecule has 2 N–H and O–H groups in total. The molecule has 2 aromatic heterocycles.